The first-order chi connectivity index (χ1) is 18.2. The van der Waals surface area contributed by atoms with Crippen molar-refractivity contribution < 1.29 is 14.3 Å². The average molecular weight is 520 g/mol. The number of aromatic nitrogens is 1. The number of nitrogens with two attached hydrogens (primary N) is 1. The summed E-state index contributed by atoms with van der Waals surface area (Å²) in [5.41, 5.74) is 8.22. The van der Waals surface area contributed by atoms with Crippen LogP contribution in [-0.4, -0.2) is 84.6 Å². The fraction of sp³-hybridized carbons (Fsp3) is 0.467. The van der Waals surface area contributed by atoms with Gasteiger partial charge >= 0.3 is 0 Å². The van der Waals surface area contributed by atoms with Crippen LogP contribution in [0.4, 0.5) is 0 Å². The zero-order valence-corrected chi connectivity index (χ0v) is 22.8. The first kappa shape index (κ1) is 27.8. The van der Waals surface area contributed by atoms with Crippen LogP contribution in [0.1, 0.15) is 25.0 Å². The smallest absolute Gasteiger partial charge is 0.245 e. The lowest BCUT2D eigenvalue weighted by Crippen LogP contribution is -2.57. The van der Waals surface area contributed by atoms with E-state index < -0.39 is 11.6 Å². The van der Waals surface area contributed by atoms with Gasteiger partial charge in [0.1, 0.15) is 6.04 Å². The summed E-state index contributed by atoms with van der Waals surface area (Å²) in [4.78, 5) is 34.2. The Morgan fingerprint density at radius 2 is 1.76 bits per heavy atom. The van der Waals surface area contributed by atoms with Crippen LogP contribution in [-0.2, 0) is 27.2 Å². The number of aromatic amines is 1. The molecule has 1 fully saturated rings. The van der Waals surface area contributed by atoms with Crippen molar-refractivity contribution in [3.63, 3.8) is 0 Å². The number of hydrogen-bond donors (Lipinski definition) is 3. The van der Waals surface area contributed by atoms with Crippen molar-refractivity contribution in [3.05, 3.63) is 71.9 Å². The minimum absolute atomic E-state index is 0.118. The van der Waals surface area contributed by atoms with Crippen LogP contribution < -0.4 is 11.1 Å². The number of amides is 2. The fourth-order valence-corrected chi connectivity index (χ4v) is 5.09. The van der Waals surface area contributed by atoms with Crippen molar-refractivity contribution in [2.45, 2.75) is 38.3 Å². The molecule has 0 bridgehead atoms. The molecule has 0 aliphatic carbocycles. The Labute approximate surface area is 225 Å². The van der Waals surface area contributed by atoms with Crippen LogP contribution >= 0.6 is 0 Å². The summed E-state index contributed by atoms with van der Waals surface area (Å²) in [7, 11) is 1.83. The molecule has 2 atom stereocenters. The number of likely N-dealkylation sites (N-methyl/N-ethyl adjacent to an activating group) is 1. The van der Waals surface area contributed by atoms with E-state index in [0.717, 1.165) is 55.7 Å². The van der Waals surface area contributed by atoms with Gasteiger partial charge in [-0.1, -0.05) is 48.5 Å². The maximum Gasteiger partial charge on any atom is 0.245 e. The Morgan fingerprint density at radius 1 is 1.08 bits per heavy atom. The Balaban J connectivity index is 1.52. The van der Waals surface area contributed by atoms with Gasteiger partial charge in [0.15, 0.2) is 0 Å². The normalized spacial score (nSPS) is 16.2. The second kappa shape index (κ2) is 12.6. The van der Waals surface area contributed by atoms with Crippen molar-refractivity contribution in [1.29, 1.82) is 0 Å². The number of fused-ring (bicyclic) bond motifs is 1. The number of hydrogen-bond acceptors (Lipinski definition) is 5. The summed E-state index contributed by atoms with van der Waals surface area (Å²) < 4.78 is 5.54. The summed E-state index contributed by atoms with van der Waals surface area (Å²) in [6.07, 6.45) is 3.16. The topological polar surface area (TPSA) is 104 Å². The molecule has 38 heavy (non-hydrogen) atoms. The van der Waals surface area contributed by atoms with Crippen LogP contribution in [0.25, 0.3) is 10.9 Å². The minimum Gasteiger partial charge on any atom is -0.379 e. The van der Waals surface area contributed by atoms with Crippen molar-refractivity contribution in [2.75, 3.05) is 46.4 Å². The first-order valence-corrected chi connectivity index (χ1v) is 13.4. The van der Waals surface area contributed by atoms with Crippen molar-refractivity contribution in [3.8, 4) is 0 Å². The van der Waals surface area contributed by atoms with Gasteiger partial charge in [0.05, 0.1) is 18.8 Å². The summed E-state index contributed by atoms with van der Waals surface area (Å²) in [6.45, 7) is 8.03. The highest BCUT2D eigenvalue weighted by molar-refractivity contribution is 5.92. The van der Waals surface area contributed by atoms with E-state index in [4.69, 9.17) is 10.5 Å². The van der Waals surface area contributed by atoms with Crippen LogP contribution in [0.15, 0.2) is 60.8 Å². The van der Waals surface area contributed by atoms with Gasteiger partial charge in [0.2, 0.25) is 11.8 Å². The minimum atomic E-state index is -1.09. The van der Waals surface area contributed by atoms with Crippen molar-refractivity contribution in [2.24, 2.45) is 11.7 Å². The van der Waals surface area contributed by atoms with Crippen molar-refractivity contribution >= 4 is 22.7 Å². The van der Waals surface area contributed by atoms with Gasteiger partial charge in [-0.15, -0.1) is 0 Å². The molecule has 1 aliphatic rings. The number of ether oxygens (including phenoxy) is 1. The van der Waals surface area contributed by atoms with Gasteiger partial charge in [-0.05, 0) is 43.4 Å². The van der Waals surface area contributed by atoms with Gasteiger partial charge < -0.3 is 25.7 Å². The number of para-hydroxylation sites is 1. The molecule has 2 aromatic carbocycles. The van der Waals surface area contributed by atoms with E-state index in [2.05, 4.69) is 39.5 Å². The molecular weight excluding hydrogens is 478 g/mol. The molecule has 0 radical (unpaired) electrons. The number of nitrogens with one attached hydrogen (secondary N) is 2. The molecule has 3 aromatic rings. The molecule has 4 rings (SSSR count). The molecule has 2 heterocycles. The number of nitrogens with zero attached hydrogens (tertiary/aromatic N) is 2. The third-order valence-electron chi connectivity index (χ3n) is 7.18. The summed E-state index contributed by atoms with van der Waals surface area (Å²) in [5, 5.41) is 3.99. The van der Waals surface area contributed by atoms with E-state index in [1.54, 1.807) is 18.7 Å². The van der Waals surface area contributed by atoms with E-state index in [-0.39, 0.29) is 17.7 Å². The molecule has 4 N–H and O–H groups in total. The highest BCUT2D eigenvalue weighted by Crippen LogP contribution is 2.20. The first-order valence-electron chi connectivity index (χ1n) is 13.4. The predicted molar refractivity (Wildman–Crippen MR) is 151 cm³/mol. The van der Waals surface area contributed by atoms with E-state index in [9.17, 15) is 9.59 Å². The maximum atomic E-state index is 13.9. The number of benzene rings is 2. The van der Waals surface area contributed by atoms with Gasteiger partial charge in [-0.3, -0.25) is 14.5 Å². The van der Waals surface area contributed by atoms with E-state index in [0.29, 0.717) is 13.0 Å². The van der Waals surface area contributed by atoms with Crippen LogP contribution in [0.5, 0.6) is 0 Å². The molecule has 1 aromatic heterocycles. The number of H-pyrrole nitrogens is 1. The zero-order chi connectivity index (χ0) is 27.1. The van der Waals surface area contributed by atoms with E-state index in [1.807, 2.05) is 43.6 Å². The standard InChI is InChI=1S/C30H41N5O3/c1-30(2,31)29(37)33-27(18-24-19-32-26-12-8-7-11-25(24)26)28(36)34(3)20-23(17-22-9-5-4-6-10-22)21-35-13-15-38-16-14-35/h4-12,19,23,27,32H,13-18,20-21,31H2,1-3H3,(H,33,37). The highest BCUT2D eigenvalue weighted by atomic mass is 16.5. The Bertz CT molecular complexity index is 1200. The fourth-order valence-electron chi connectivity index (χ4n) is 5.09. The predicted octanol–water partition coefficient (Wildman–Crippen LogP) is 2.58. The monoisotopic (exact) mass is 519 g/mol. The number of rotatable bonds is 11. The van der Waals surface area contributed by atoms with Crippen LogP contribution in [0.3, 0.4) is 0 Å². The third-order valence-corrected chi connectivity index (χ3v) is 7.18. The molecule has 204 valence electrons. The van der Waals surface area contributed by atoms with Gasteiger partial charge in [0, 0.05) is 56.7 Å². The lowest BCUT2D eigenvalue weighted by Gasteiger charge is -2.34. The van der Waals surface area contributed by atoms with Crippen LogP contribution in [0.2, 0.25) is 0 Å². The SMILES string of the molecule is CN(CC(Cc1ccccc1)CN1CCOCC1)C(=O)C(Cc1c[nH]c2ccccc12)NC(=O)C(C)(C)N. The molecule has 1 saturated heterocycles. The Kier molecular flexibility index (Phi) is 9.20. The van der Waals surface area contributed by atoms with E-state index >= 15 is 0 Å². The quantitative estimate of drug-likeness (QED) is 0.361. The molecular formula is C30H41N5O3. The molecule has 8 nitrogen and oxygen atoms in total. The van der Waals surface area contributed by atoms with Gasteiger partial charge in [-0.2, -0.15) is 0 Å². The third kappa shape index (κ3) is 7.43. The highest BCUT2D eigenvalue weighted by Gasteiger charge is 2.31. The van der Waals surface area contributed by atoms with Gasteiger partial charge in [0.25, 0.3) is 0 Å². The van der Waals surface area contributed by atoms with Crippen LogP contribution in [0, 0.1) is 5.92 Å². The Hall–Kier alpha value is -3.20. The summed E-state index contributed by atoms with van der Waals surface area (Å²) in [5.74, 6) is -0.231. The number of morpholine rings is 1. The molecule has 2 unspecified atom stereocenters. The van der Waals surface area contributed by atoms with Gasteiger partial charge in [-0.25, -0.2) is 0 Å². The molecule has 0 saturated carbocycles. The molecule has 2 amide bonds. The summed E-state index contributed by atoms with van der Waals surface area (Å²) >= 11 is 0. The maximum absolute atomic E-state index is 13.9. The lowest BCUT2D eigenvalue weighted by atomic mass is 9.97. The second-order valence-corrected chi connectivity index (χ2v) is 11.0. The van der Waals surface area contributed by atoms with E-state index in [1.165, 1.54) is 5.56 Å². The molecule has 0 spiro atoms. The second-order valence-electron chi connectivity index (χ2n) is 11.0. The van der Waals surface area contributed by atoms with Crippen molar-refractivity contribution in [1.82, 2.24) is 20.1 Å². The Morgan fingerprint density at radius 3 is 2.47 bits per heavy atom. The lowest BCUT2D eigenvalue weighted by molar-refractivity contribution is -0.137. The summed E-state index contributed by atoms with van der Waals surface area (Å²) in [6, 6.07) is 17.7. The largest absolute Gasteiger partial charge is 0.379 e. The zero-order valence-electron chi connectivity index (χ0n) is 22.8. The average Bonchev–Trinajstić information content (AvgIpc) is 3.31. The molecule has 1 aliphatic heterocycles. The number of carbonyl (C=O) groups excluding carboxylic acids is 2. The molecule has 8 heteroatoms. The number of carbonyl (C=O) groups is 2.